The van der Waals surface area contributed by atoms with Gasteiger partial charge in [-0.15, -0.1) is 0 Å². The van der Waals surface area contributed by atoms with Crippen LogP contribution in [-0.4, -0.2) is 96.1 Å². The Kier molecular flexibility index (Phi) is 5.33. The van der Waals surface area contributed by atoms with Gasteiger partial charge in [-0.2, -0.15) is 0 Å². The Bertz CT molecular complexity index is 362. The van der Waals surface area contributed by atoms with Crippen molar-refractivity contribution in [2.24, 2.45) is 11.8 Å². The van der Waals surface area contributed by atoms with Crippen LogP contribution in [0.5, 0.6) is 0 Å². The first-order valence-corrected chi connectivity index (χ1v) is 10.1. The van der Waals surface area contributed by atoms with Gasteiger partial charge in [0.05, 0.1) is 0 Å². The molecule has 3 saturated heterocycles. The Balaban J connectivity index is 1.29. The highest BCUT2D eigenvalue weighted by Crippen LogP contribution is 2.27. The molecular formula is C20H40N4. The lowest BCUT2D eigenvalue weighted by Gasteiger charge is -2.51. The van der Waals surface area contributed by atoms with Gasteiger partial charge >= 0.3 is 0 Å². The molecule has 0 unspecified atom stereocenters. The average Bonchev–Trinajstić information content (AvgIpc) is 2.35. The molecule has 0 aromatic rings. The lowest BCUT2D eigenvalue weighted by molar-refractivity contribution is -0.0219. The van der Waals surface area contributed by atoms with Crippen molar-refractivity contribution in [3.63, 3.8) is 0 Å². The Labute approximate surface area is 150 Å². The number of rotatable bonds is 4. The fourth-order valence-electron chi connectivity index (χ4n) is 4.35. The molecule has 0 aliphatic carbocycles. The molecule has 0 aromatic carbocycles. The highest BCUT2D eigenvalue weighted by atomic mass is 15.3. The van der Waals surface area contributed by atoms with E-state index in [1.165, 1.54) is 65.4 Å². The molecule has 0 atom stereocenters. The van der Waals surface area contributed by atoms with E-state index in [0.29, 0.717) is 11.1 Å². The topological polar surface area (TPSA) is 13.0 Å². The van der Waals surface area contributed by atoms with Gasteiger partial charge in [0.15, 0.2) is 0 Å². The lowest BCUT2D eigenvalue weighted by Crippen LogP contribution is -2.61. The van der Waals surface area contributed by atoms with Gasteiger partial charge < -0.3 is 9.80 Å². The van der Waals surface area contributed by atoms with Crippen LogP contribution in [0.4, 0.5) is 0 Å². The summed E-state index contributed by atoms with van der Waals surface area (Å²) in [6, 6.07) is 0. The predicted molar refractivity (Wildman–Crippen MR) is 103 cm³/mol. The zero-order valence-corrected chi connectivity index (χ0v) is 17.0. The Morgan fingerprint density at radius 2 is 0.875 bits per heavy atom. The third-order valence-corrected chi connectivity index (χ3v) is 6.31. The van der Waals surface area contributed by atoms with Gasteiger partial charge in [0.2, 0.25) is 0 Å². The van der Waals surface area contributed by atoms with Gasteiger partial charge in [0.1, 0.15) is 0 Å². The van der Waals surface area contributed by atoms with E-state index in [0.717, 1.165) is 11.8 Å². The molecule has 0 spiro atoms. The lowest BCUT2D eigenvalue weighted by atomic mass is 9.91. The van der Waals surface area contributed by atoms with Crippen LogP contribution in [0.1, 0.15) is 41.5 Å². The number of piperazine rings is 1. The van der Waals surface area contributed by atoms with Crippen molar-refractivity contribution in [1.29, 1.82) is 0 Å². The third-order valence-electron chi connectivity index (χ3n) is 6.31. The standard InChI is InChI=1S/C20H40N4/c1-19(2,3)23-13-17(14-23)11-21-7-9-22(10-8-21)12-18-15-24(16-18)20(4,5)6/h17-18H,7-16H2,1-6H3. The fourth-order valence-corrected chi connectivity index (χ4v) is 4.35. The molecular weight excluding hydrogens is 296 g/mol. The number of likely N-dealkylation sites (tertiary alicyclic amines) is 2. The van der Waals surface area contributed by atoms with E-state index in [2.05, 4.69) is 61.1 Å². The first kappa shape index (κ1) is 18.6. The maximum atomic E-state index is 2.71. The second-order valence-electron chi connectivity index (χ2n) is 10.5. The molecule has 3 fully saturated rings. The van der Waals surface area contributed by atoms with Crippen molar-refractivity contribution in [3.8, 4) is 0 Å². The minimum absolute atomic E-state index is 0.360. The van der Waals surface area contributed by atoms with E-state index in [9.17, 15) is 0 Å². The molecule has 4 nitrogen and oxygen atoms in total. The Morgan fingerprint density at radius 1 is 0.583 bits per heavy atom. The quantitative estimate of drug-likeness (QED) is 0.779. The summed E-state index contributed by atoms with van der Waals surface area (Å²) in [7, 11) is 0. The first-order chi connectivity index (χ1) is 11.1. The van der Waals surface area contributed by atoms with Crippen LogP contribution in [0, 0.1) is 11.8 Å². The van der Waals surface area contributed by atoms with E-state index >= 15 is 0 Å². The van der Waals surface area contributed by atoms with Crippen molar-refractivity contribution in [3.05, 3.63) is 0 Å². The zero-order valence-electron chi connectivity index (χ0n) is 17.0. The molecule has 0 amide bonds. The summed E-state index contributed by atoms with van der Waals surface area (Å²) >= 11 is 0. The highest BCUT2D eigenvalue weighted by Gasteiger charge is 2.37. The summed E-state index contributed by atoms with van der Waals surface area (Å²) in [5.74, 6) is 1.81. The molecule has 3 aliphatic heterocycles. The average molecular weight is 337 g/mol. The van der Waals surface area contributed by atoms with E-state index in [4.69, 9.17) is 0 Å². The monoisotopic (exact) mass is 336 g/mol. The van der Waals surface area contributed by atoms with Gasteiger partial charge in [0, 0.05) is 76.5 Å². The van der Waals surface area contributed by atoms with Crippen LogP contribution in [0.2, 0.25) is 0 Å². The van der Waals surface area contributed by atoms with E-state index < -0.39 is 0 Å². The van der Waals surface area contributed by atoms with E-state index in [-0.39, 0.29) is 0 Å². The molecule has 3 aliphatic rings. The van der Waals surface area contributed by atoms with Crippen LogP contribution in [0.15, 0.2) is 0 Å². The van der Waals surface area contributed by atoms with Crippen LogP contribution < -0.4 is 0 Å². The molecule has 3 heterocycles. The normalized spacial score (nSPS) is 27.2. The molecule has 0 N–H and O–H groups in total. The largest absolute Gasteiger partial charge is 0.300 e. The minimum atomic E-state index is 0.360. The summed E-state index contributed by atoms with van der Waals surface area (Å²) < 4.78 is 0. The Morgan fingerprint density at radius 3 is 1.12 bits per heavy atom. The number of hydrogen-bond acceptors (Lipinski definition) is 4. The third kappa shape index (κ3) is 4.51. The second-order valence-corrected chi connectivity index (χ2v) is 10.5. The Hall–Kier alpha value is -0.160. The smallest absolute Gasteiger partial charge is 0.0125 e. The van der Waals surface area contributed by atoms with Crippen LogP contribution >= 0.6 is 0 Å². The van der Waals surface area contributed by atoms with Crippen LogP contribution in [0.25, 0.3) is 0 Å². The molecule has 0 bridgehead atoms. The molecule has 0 saturated carbocycles. The van der Waals surface area contributed by atoms with Crippen molar-refractivity contribution in [1.82, 2.24) is 19.6 Å². The van der Waals surface area contributed by atoms with Crippen LogP contribution in [-0.2, 0) is 0 Å². The van der Waals surface area contributed by atoms with E-state index in [1.54, 1.807) is 0 Å². The summed E-state index contributed by atoms with van der Waals surface area (Å²) in [5.41, 5.74) is 0.720. The van der Waals surface area contributed by atoms with Gasteiger partial charge in [-0.05, 0) is 53.4 Å². The van der Waals surface area contributed by atoms with Gasteiger partial charge in [-0.25, -0.2) is 0 Å². The highest BCUT2D eigenvalue weighted by molar-refractivity contribution is 4.92. The second kappa shape index (κ2) is 6.86. The molecule has 4 heteroatoms. The minimum Gasteiger partial charge on any atom is -0.300 e. The van der Waals surface area contributed by atoms with Gasteiger partial charge in [0.25, 0.3) is 0 Å². The van der Waals surface area contributed by atoms with Crippen molar-refractivity contribution in [2.75, 3.05) is 65.4 Å². The summed E-state index contributed by atoms with van der Waals surface area (Å²) in [6.07, 6.45) is 0. The first-order valence-electron chi connectivity index (χ1n) is 10.1. The van der Waals surface area contributed by atoms with Crippen molar-refractivity contribution in [2.45, 2.75) is 52.6 Å². The maximum absolute atomic E-state index is 2.71. The van der Waals surface area contributed by atoms with Crippen molar-refractivity contribution >= 4 is 0 Å². The van der Waals surface area contributed by atoms with Gasteiger partial charge in [-0.1, -0.05) is 0 Å². The fraction of sp³-hybridized carbons (Fsp3) is 1.00. The molecule has 140 valence electrons. The van der Waals surface area contributed by atoms with Gasteiger partial charge in [-0.3, -0.25) is 9.80 Å². The SMILES string of the molecule is CC(C)(C)N1CC(CN2CCN(CC3CN(C(C)(C)C)C3)CC2)C1. The van der Waals surface area contributed by atoms with E-state index in [1.807, 2.05) is 0 Å². The van der Waals surface area contributed by atoms with Crippen LogP contribution in [0.3, 0.4) is 0 Å². The maximum Gasteiger partial charge on any atom is 0.0125 e. The zero-order chi connectivity index (χ0) is 17.5. The predicted octanol–water partition coefficient (Wildman–Crippen LogP) is 2.06. The molecule has 0 aromatic heterocycles. The van der Waals surface area contributed by atoms with Crippen molar-refractivity contribution < 1.29 is 0 Å². The summed E-state index contributed by atoms with van der Waals surface area (Å²) in [6.45, 7) is 27.0. The molecule has 0 radical (unpaired) electrons. The number of nitrogens with zero attached hydrogens (tertiary/aromatic N) is 4. The summed E-state index contributed by atoms with van der Waals surface area (Å²) in [4.78, 5) is 10.7. The number of hydrogen-bond donors (Lipinski definition) is 0. The summed E-state index contributed by atoms with van der Waals surface area (Å²) in [5, 5.41) is 0. The molecule has 24 heavy (non-hydrogen) atoms. The molecule has 3 rings (SSSR count).